The van der Waals surface area contributed by atoms with Crippen molar-refractivity contribution in [3.8, 4) is 0 Å². The van der Waals surface area contributed by atoms with Crippen molar-refractivity contribution in [2.24, 2.45) is 16.7 Å². The minimum atomic E-state index is 0. The molecule has 0 aromatic carbocycles. The van der Waals surface area contributed by atoms with Crippen LogP contribution in [0.25, 0.3) is 0 Å². The van der Waals surface area contributed by atoms with Crippen LogP contribution in [0.15, 0.2) is 23.3 Å². The predicted molar refractivity (Wildman–Crippen MR) is 51.4 cm³/mol. The highest BCUT2D eigenvalue weighted by Gasteiger charge is 1.98. The number of pyridine rings is 1. The Hall–Kier alpha value is -1.00. The van der Waals surface area contributed by atoms with E-state index in [1.807, 2.05) is 0 Å². The molecule has 0 aliphatic rings. The van der Waals surface area contributed by atoms with Crippen LogP contribution in [-0.4, -0.2) is 10.8 Å². The first-order valence-electron chi connectivity index (χ1n) is 2.90. The van der Waals surface area contributed by atoms with Crippen molar-refractivity contribution >= 4 is 29.8 Å². The summed E-state index contributed by atoms with van der Waals surface area (Å²) in [5, 5.41) is 3.64. The zero-order chi connectivity index (χ0) is 8.27. The molecule has 4 N–H and O–H groups in total. The van der Waals surface area contributed by atoms with Gasteiger partial charge in [0.25, 0.3) is 0 Å². The van der Waals surface area contributed by atoms with Crippen molar-refractivity contribution in [1.82, 2.24) is 4.98 Å². The molecule has 0 spiro atoms. The summed E-state index contributed by atoms with van der Waals surface area (Å²) in [5.74, 6) is 5.11. The quantitative estimate of drug-likeness (QED) is 0.234. The molecule has 0 atom stereocenters. The summed E-state index contributed by atoms with van der Waals surface area (Å²) >= 11 is 5.58. The molecule has 0 radical (unpaired) electrons. The van der Waals surface area contributed by atoms with E-state index in [0.29, 0.717) is 10.8 Å². The molecule has 0 aliphatic heterocycles. The number of amidine groups is 1. The van der Waals surface area contributed by atoms with E-state index in [1.54, 1.807) is 18.2 Å². The number of nitrogens with two attached hydrogens (primary N) is 2. The average molecular weight is 207 g/mol. The topological polar surface area (TPSA) is 77.3 Å². The van der Waals surface area contributed by atoms with Crippen LogP contribution in [0.3, 0.4) is 0 Å². The van der Waals surface area contributed by atoms with Gasteiger partial charge in [-0.25, -0.2) is 4.98 Å². The molecule has 6 heteroatoms. The maximum Gasteiger partial charge on any atom is 0.169 e. The lowest BCUT2D eigenvalue weighted by Gasteiger charge is -1.96. The first-order chi connectivity index (χ1) is 5.24. The molecule has 1 heterocycles. The summed E-state index contributed by atoms with van der Waals surface area (Å²) in [7, 11) is 0. The van der Waals surface area contributed by atoms with Crippen molar-refractivity contribution in [2.45, 2.75) is 0 Å². The van der Waals surface area contributed by atoms with Crippen molar-refractivity contribution in [2.75, 3.05) is 0 Å². The first-order valence-corrected chi connectivity index (χ1v) is 3.28. The zero-order valence-electron chi connectivity index (χ0n) is 6.07. The van der Waals surface area contributed by atoms with E-state index in [9.17, 15) is 0 Å². The van der Waals surface area contributed by atoms with E-state index in [1.165, 1.54) is 0 Å². The van der Waals surface area contributed by atoms with Crippen LogP contribution in [0.1, 0.15) is 5.69 Å². The van der Waals surface area contributed by atoms with Gasteiger partial charge in [0.1, 0.15) is 10.8 Å². The molecule has 1 aromatic rings. The fourth-order valence-corrected chi connectivity index (χ4v) is 0.781. The Kier molecular flexibility index (Phi) is 4.39. The number of halogens is 2. The number of hydrazone groups is 1. The summed E-state index contributed by atoms with van der Waals surface area (Å²) in [6.45, 7) is 0. The monoisotopic (exact) mass is 206 g/mol. The zero-order valence-corrected chi connectivity index (χ0v) is 7.64. The minimum Gasteiger partial charge on any atom is -0.380 e. The maximum atomic E-state index is 5.58. The summed E-state index contributed by atoms with van der Waals surface area (Å²) < 4.78 is 0. The van der Waals surface area contributed by atoms with Crippen LogP contribution in [0.4, 0.5) is 0 Å². The van der Waals surface area contributed by atoms with Gasteiger partial charge in [0.15, 0.2) is 5.84 Å². The second-order valence-corrected chi connectivity index (χ2v) is 2.25. The van der Waals surface area contributed by atoms with Gasteiger partial charge >= 0.3 is 0 Å². The predicted octanol–water partition coefficient (Wildman–Crippen LogP) is 0.736. The van der Waals surface area contributed by atoms with Crippen LogP contribution < -0.4 is 11.6 Å². The van der Waals surface area contributed by atoms with Crippen LogP contribution >= 0.6 is 24.0 Å². The van der Waals surface area contributed by atoms with E-state index in [-0.39, 0.29) is 18.2 Å². The molecule has 66 valence electrons. The van der Waals surface area contributed by atoms with Gasteiger partial charge in [0.05, 0.1) is 0 Å². The van der Waals surface area contributed by atoms with E-state index in [0.717, 1.165) is 0 Å². The van der Waals surface area contributed by atoms with Crippen LogP contribution in [-0.2, 0) is 0 Å². The largest absolute Gasteiger partial charge is 0.380 e. The highest BCUT2D eigenvalue weighted by molar-refractivity contribution is 6.29. The minimum absolute atomic E-state index is 0. The van der Waals surface area contributed by atoms with Gasteiger partial charge in [-0.05, 0) is 12.1 Å². The number of hydrogen-bond donors (Lipinski definition) is 2. The lowest BCUT2D eigenvalue weighted by Crippen LogP contribution is -2.16. The Balaban J connectivity index is 0.00000121. The molecular weight excluding hydrogens is 199 g/mol. The van der Waals surface area contributed by atoms with Gasteiger partial charge in [-0.15, -0.1) is 12.4 Å². The summed E-state index contributed by atoms with van der Waals surface area (Å²) in [4.78, 5) is 3.87. The molecule has 0 aliphatic carbocycles. The van der Waals surface area contributed by atoms with Gasteiger partial charge in [-0.2, -0.15) is 5.10 Å². The number of nitrogens with zero attached hydrogens (tertiary/aromatic N) is 2. The van der Waals surface area contributed by atoms with Crippen LogP contribution in [0, 0.1) is 0 Å². The lowest BCUT2D eigenvalue weighted by atomic mass is 10.3. The van der Waals surface area contributed by atoms with Gasteiger partial charge in [-0.3, -0.25) is 0 Å². The molecule has 1 rings (SSSR count). The van der Waals surface area contributed by atoms with Gasteiger partial charge in [-0.1, -0.05) is 17.7 Å². The molecule has 0 unspecified atom stereocenters. The van der Waals surface area contributed by atoms with Gasteiger partial charge in [0.2, 0.25) is 0 Å². The number of aromatic nitrogens is 1. The maximum absolute atomic E-state index is 5.58. The second-order valence-electron chi connectivity index (χ2n) is 1.86. The Bertz CT molecular complexity index is 287. The SMILES string of the molecule is Cl.NN=C(N)c1cccc(Cl)n1. The number of hydrogen-bond acceptors (Lipinski definition) is 3. The summed E-state index contributed by atoms with van der Waals surface area (Å²) in [6, 6.07) is 5.05. The third-order valence-electron chi connectivity index (χ3n) is 1.12. The summed E-state index contributed by atoms with van der Waals surface area (Å²) in [6.07, 6.45) is 0. The smallest absolute Gasteiger partial charge is 0.169 e. The standard InChI is InChI=1S/C6H7ClN4.ClH/c7-5-3-1-2-4(10-5)6(8)11-9;/h1-3H,9H2,(H2,8,11);1H. The molecule has 0 amide bonds. The molecule has 0 bridgehead atoms. The Labute approximate surface area is 81.0 Å². The van der Waals surface area contributed by atoms with E-state index in [4.69, 9.17) is 23.2 Å². The Morgan fingerprint density at radius 3 is 2.67 bits per heavy atom. The number of rotatable bonds is 1. The van der Waals surface area contributed by atoms with Crippen molar-refractivity contribution in [3.05, 3.63) is 29.0 Å². The van der Waals surface area contributed by atoms with Crippen molar-refractivity contribution in [1.29, 1.82) is 0 Å². The second kappa shape index (κ2) is 4.79. The van der Waals surface area contributed by atoms with E-state index < -0.39 is 0 Å². The Morgan fingerprint density at radius 2 is 2.17 bits per heavy atom. The highest BCUT2D eigenvalue weighted by atomic mass is 35.5. The third-order valence-corrected chi connectivity index (χ3v) is 1.33. The molecule has 1 aromatic heterocycles. The van der Waals surface area contributed by atoms with Crippen LogP contribution in [0.2, 0.25) is 5.15 Å². The molecule has 0 saturated heterocycles. The molecule has 0 saturated carbocycles. The fraction of sp³-hybridized carbons (Fsp3) is 0. The molecular formula is C6H8Cl2N4. The first kappa shape index (κ1) is 11.0. The fourth-order valence-electron chi connectivity index (χ4n) is 0.617. The van der Waals surface area contributed by atoms with Gasteiger partial charge in [0, 0.05) is 0 Å². The molecule has 4 nitrogen and oxygen atoms in total. The Morgan fingerprint density at radius 1 is 1.50 bits per heavy atom. The average Bonchev–Trinajstić information content (AvgIpc) is 2.03. The molecule has 12 heavy (non-hydrogen) atoms. The van der Waals surface area contributed by atoms with Crippen molar-refractivity contribution in [3.63, 3.8) is 0 Å². The third kappa shape index (κ3) is 2.56. The normalized spacial score (nSPS) is 10.6. The molecule has 0 fully saturated rings. The summed E-state index contributed by atoms with van der Waals surface area (Å²) in [5.41, 5.74) is 5.85. The van der Waals surface area contributed by atoms with Gasteiger partial charge < -0.3 is 11.6 Å². The lowest BCUT2D eigenvalue weighted by molar-refractivity contribution is 1.19. The van der Waals surface area contributed by atoms with E-state index in [2.05, 4.69) is 10.1 Å². The van der Waals surface area contributed by atoms with Crippen LogP contribution in [0.5, 0.6) is 0 Å². The van der Waals surface area contributed by atoms with Crippen molar-refractivity contribution < 1.29 is 0 Å². The highest BCUT2D eigenvalue weighted by Crippen LogP contribution is 2.03. The van der Waals surface area contributed by atoms with E-state index >= 15 is 0 Å².